The van der Waals surface area contributed by atoms with Crippen LogP contribution in [-0.4, -0.2) is 26.8 Å². The van der Waals surface area contributed by atoms with Gasteiger partial charge in [0.2, 0.25) is 5.91 Å². The number of aryl methyl sites for hydroxylation is 2. The molecule has 158 valence electrons. The van der Waals surface area contributed by atoms with Crippen molar-refractivity contribution in [2.45, 2.75) is 65.8 Å². The summed E-state index contributed by atoms with van der Waals surface area (Å²) >= 11 is 0. The van der Waals surface area contributed by atoms with Gasteiger partial charge >= 0.3 is 5.97 Å². The molecule has 2 rings (SSSR count). The number of nitrogens with zero attached hydrogens (tertiary/aromatic N) is 2. The highest BCUT2D eigenvalue weighted by atomic mass is 16.4. The summed E-state index contributed by atoms with van der Waals surface area (Å²) < 4.78 is 1.82. The second-order valence-corrected chi connectivity index (χ2v) is 8.91. The van der Waals surface area contributed by atoms with E-state index in [2.05, 4.69) is 31.2 Å². The summed E-state index contributed by atoms with van der Waals surface area (Å²) in [4.78, 5) is 24.2. The highest BCUT2D eigenvalue weighted by Gasteiger charge is 2.24. The zero-order valence-electron chi connectivity index (χ0n) is 18.5. The third-order valence-corrected chi connectivity index (χ3v) is 5.49. The number of carboxylic acids is 1. The Hall–Kier alpha value is -2.63. The van der Waals surface area contributed by atoms with Gasteiger partial charge in [0.15, 0.2) is 0 Å². The molecule has 1 aromatic carbocycles. The van der Waals surface area contributed by atoms with Crippen LogP contribution in [0.3, 0.4) is 0 Å². The minimum atomic E-state index is -0.943. The maximum absolute atomic E-state index is 12.8. The second-order valence-electron chi connectivity index (χ2n) is 8.91. The van der Waals surface area contributed by atoms with Gasteiger partial charge in [-0.25, -0.2) is 0 Å². The number of carboxylic acid groups (broad SMARTS) is 1. The van der Waals surface area contributed by atoms with Gasteiger partial charge in [-0.2, -0.15) is 5.10 Å². The Balaban J connectivity index is 2.16. The molecule has 1 amide bonds. The summed E-state index contributed by atoms with van der Waals surface area (Å²) in [6.07, 6.45) is 0.415. The first kappa shape index (κ1) is 22.7. The van der Waals surface area contributed by atoms with Gasteiger partial charge in [0.1, 0.15) is 0 Å². The SMILES string of the molecule is Cc1nn(C)c(C)c1CC(C)C(=O)NC(CC(=O)O)c1ccc(C(C)(C)C)cc1. The molecule has 0 saturated heterocycles. The topological polar surface area (TPSA) is 84.2 Å². The van der Waals surface area contributed by atoms with E-state index in [9.17, 15) is 14.7 Å². The number of aliphatic carboxylic acids is 1. The number of aromatic nitrogens is 2. The maximum atomic E-state index is 12.8. The maximum Gasteiger partial charge on any atom is 0.305 e. The zero-order chi connectivity index (χ0) is 21.9. The molecule has 2 N–H and O–H groups in total. The molecule has 0 aliphatic carbocycles. The third kappa shape index (κ3) is 5.68. The van der Waals surface area contributed by atoms with Crippen molar-refractivity contribution in [1.29, 1.82) is 0 Å². The molecule has 2 unspecified atom stereocenters. The van der Waals surface area contributed by atoms with E-state index in [1.165, 1.54) is 0 Å². The number of rotatable bonds is 7. The van der Waals surface area contributed by atoms with Gasteiger partial charge in [-0.15, -0.1) is 0 Å². The van der Waals surface area contributed by atoms with Crippen molar-refractivity contribution in [1.82, 2.24) is 15.1 Å². The monoisotopic (exact) mass is 399 g/mol. The quantitative estimate of drug-likeness (QED) is 0.741. The molecule has 0 aliphatic rings. The fourth-order valence-corrected chi connectivity index (χ4v) is 3.47. The zero-order valence-corrected chi connectivity index (χ0v) is 18.5. The van der Waals surface area contributed by atoms with Crippen molar-refractivity contribution in [3.8, 4) is 0 Å². The van der Waals surface area contributed by atoms with Gasteiger partial charge in [0, 0.05) is 18.7 Å². The van der Waals surface area contributed by atoms with Crippen LogP contribution in [0.5, 0.6) is 0 Å². The van der Waals surface area contributed by atoms with Crippen molar-refractivity contribution in [2.75, 3.05) is 0 Å². The fourth-order valence-electron chi connectivity index (χ4n) is 3.47. The average molecular weight is 400 g/mol. The molecule has 29 heavy (non-hydrogen) atoms. The number of hydrogen-bond acceptors (Lipinski definition) is 3. The molecule has 2 aromatic rings. The smallest absolute Gasteiger partial charge is 0.305 e. The number of carbonyl (C=O) groups is 2. The van der Waals surface area contributed by atoms with E-state index in [0.29, 0.717) is 6.42 Å². The van der Waals surface area contributed by atoms with Gasteiger partial charge in [-0.05, 0) is 42.4 Å². The lowest BCUT2D eigenvalue weighted by atomic mass is 9.86. The minimum Gasteiger partial charge on any atom is -0.481 e. The van der Waals surface area contributed by atoms with E-state index >= 15 is 0 Å². The molecule has 0 fully saturated rings. The number of nitrogens with one attached hydrogen (secondary N) is 1. The highest BCUT2D eigenvalue weighted by Crippen LogP contribution is 2.25. The van der Waals surface area contributed by atoms with Crippen molar-refractivity contribution in [3.63, 3.8) is 0 Å². The van der Waals surface area contributed by atoms with Crippen LogP contribution < -0.4 is 5.32 Å². The Bertz CT molecular complexity index is 876. The molecule has 0 saturated carbocycles. The number of amides is 1. The van der Waals surface area contributed by atoms with E-state index in [0.717, 1.165) is 28.1 Å². The van der Waals surface area contributed by atoms with Gasteiger partial charge in [0.05, 0.1) is 18.2 Å². The van der Waals surface area contributed by atoms with Crippen molar-refractivity contribution in [3.05, 3.63) is 52.3 Å². The molecule has 1 heterocycles. The van der Waals surface area contributed by atoms with Crippen LogP contribution in [0.25, 0.3) is 0 Å². The van der Waals surface area contributed by atoms with E-state index < -0.39 is 12.0 Å². The molecule has 0 bridgehead atoms. The Morgan fingerprint density at radius 2 is 1.76 bits per heavy atom. The van der Waals surface area contributed by atoms with Gasteiger partial charge < -0.3 is 10.4 Å². The molecule has 6 nitrogen and oxygen atoms in total. The molecule has 0 aliphatic heterocycles. The van der Waals surface area contributed by atoms with Gasteiger partial charge in [-0.1, -0.05) is 52.0 Å². The largest absolute Gasteiger partial charge is 0.481 e. The summed E-state index contributed by atoms with van der Waals surface area (Å²) in [5.74, 6) is -1.39. The Morgan fingerprint density at radius 1 is 1.17 bits per heavy atom. The minimum absolute atomic E-state index is 0.0119. The summed E-state index contributed by atoms with van der Waals surface area (Å²) in [7, 11) is 1.89. The lowest BCUT2D eigenvalue weighted by Crippen LogP contribution is -2.35. The highest BCUT2D eigenvalue weighted by molar-refractivity contribution is 5.80. The number of hydrogen-bond donors (Lipinski definition) is 2. The Labute approximate surface area is 173 Å². The normalized spacial score (nSPS) is 13.8. The molecule has 0 spiro atoms. The van der Waals surface area contributed by atoms with Gasteiger partial charge in [0.25, 0.3) is 0 Å². The van der Waals surface area contributed by atoms with E-state index in [-0.39, 0.29) is 23.7 Å². The molecule has 0 radical (unpaired) electrons. The standard InChI is InChI=1S/C23H33N3O3/c1-14(12-19-15(2)25-26(7)16(19)3)22(29)24-20(13-21(27)28)17-8-10-18(11-9-17)23(4,5)6/h8-11,14,20H,12-13H2,1-7H3,(H,24,29)(H,27,28). The summed E-state index contributed by atoms with van der Waals surface area (Å²) in [6.45, 7) is 12.2. The van der Waals surface area contributed by atoms with Crippen LogP contribution in [0.4, 0.5) is 0 Å². The first-order valence-electron chi connectivity index (χ1n) is 10.0. The first-order chi connectivity index (χ1) is 13.4. The second kappa shape index (κ2) is 8.80. The van der Waals surface area contributed by atoms with Crippen LogP contribution in [0, 0.1) is 19.8 Å². The van der Waals surface area contributed by atoms with Crippen LogP contribution in [0.1, 0.15) is 68.2 Å². The lowest BCUT2D eigenvalue weighted by molar-refractivity contribution is -0.137. The lowest BCUT2D eigenvalue weighted by Gasteiger charge is -2.23. The van der Waals surface area contributed by atoms with E-state index in [1.54, 1.807) is 0 Å². The fraction of sp³-hybridized carbons (Fsp3) is 0.522. The van der Waals surface area contributed by atoms with Gasteiger partial charge in [-0.3, -0.25) is 14.3 Å². The number of benzene rings is 1. The van der Waals surface area contributed by atoms with Crippen LogP contribution in [0.15, 0.2) is 24.3 Å². The van der Waals surface area contributed by atoms with E-state index in [1.807, 2.05) is 56.8 Å². The molecular formula is C23H33N3O3. The molecule has 1 aromatic heterocycles. The van der Waals surface area contributed by atoms with Crippen molar-refractivity contribution >= 4 is 11.9 Å². The summed E-state index contributed by atoms with van der Waals surface area (Å²) in [5.41, 5.74) is 5.01. The van der Waals surface area contributed by atoms with E-state index in [4.69, 9.17) is 0 Å². The summed E-state index contributed by atoms with van der Waals surface area (Å²) in [6, 6.07) is 7.26. The first-order valence-corrected chi connectivity index (χ1v) is 10.0. The predicted molar refractivity (Wildman–Crippen MR) is 114 cm³/mol. The van der Waals surface area contributed by atoms with Crippen LogP contribution in [0.2, 0.25) is 0 Å². The Kier molecular flexibility index (Phi) is 6.88. The third-order valence-electron chi connectivity index (χ3n) is 5.49. The van der Waals surface area contributed by atoms with Crippen LogP contribution >= 0.6 is 0 Å². The number of carbonyl (C=O) groups excluding carboxylic acids is 1. The van der Waals surface area contributed by atoms with Crippen LogP contribution in [-0.2, 0) is 28.5 Å². The average Bonchev–Trinajstić information content (AvgIpc) is 2.86. The summed E-state index contributed by atoms with van der Waals surface area (Å²) in [5, 5.41) is 16.7. The molecule has 2 atom stereocenters. The predicted octanol–water partition coefficient (Wildman–Crippen LogP) is 3.85. The van der Waals surface area contributed by atoms with Crippen molar-refractivity contribution < 1.29 is 14.7 Å². The Morgan fingerprint density at radius 3 is 2.21 bits per heavy atom. The molecular weight excluding hydrogens is 366 g/mol. The molecule has 6 heteroatoms. The van der Waals surface area contributed by atoms with Crippen molar-refractivity contribution in [2.24, 2.45) is 13.0 Å².